The lowest BCUT2D eigenvalue weighted by Crippen LogP contribution is -2.51. The van der Waals surface area contributed by atoms with Crippen molar-refractivity contribution in [2.45, 2.75) is 50.4 Å². The van der Waals surface area contributed by atoms with Crippen molar-refractivity contribution in [3.05, 3.63) is 47.0 Å². The van der Waals surface area contributed by atoms with Crippen LogP contribution in [0.5, 0.6) is 0 Å². The SMILES string of the molecule is NC(CC(=O)N1CCc2c(nc(-c3ccc(F)cc3)nc2C(F)(F)F)C1)CN1CC(F)(F)CCC1=O. The molecule has 36 heavy (non-hydrogen) atoms. The molecule has 0 radical (unpaired) electrons. The summed E-state index contributed by atoms with van der Waals surface area (Å²) in [5, 5.41) is 0. The summed E-state index contributed by atoms with van der Waals surface area (Å²) >= 11 is 0. The maximum absolute atomic E-state index is 13.7. The molecule has 0 saturated carbocycles. The van der Waals surface area contributed by atoms with Crippen LogP contribution in [0.2, 0.25) is 0 Å². The van der Waals surface area contributed by atoms with Gasteiger partial charge in [0.1, 0.15) is 5.82 Å². The fourth-order valence-corrected chi connectivity index (χ4v) is 4.37. The highest BCUT2D eigenvalue weighted by molar-refractivity contribution is 5.78. The zero-order chi connectivity index (χ0) is 26.3. The molecule has 2 aliphatic heterocycles. The third-order valence-electron chi connectivity index (χ3n) is 6.16. The van der Waals surface area contributed by atoms with Crippen LogP contribution in [0.1, 0.15) is 36.2 Å². The van der Waals surface area contributed by atoms with E-state index in [1.807, 2.05) is 0 Å². The lowest BCUT2D eigenvalue weighted by Gasteiger charge is -2.34. The molecule has 2 aliphatic rings. The number of benzene rings is 1. The Kier molecular flexibility index (Phi) is 6.95. The van der Waals surface area contributed by atoms with Gasteiger partial charge in [-0.3, -0.25) is 9.59 Å². The zero-order valence-electron chi connectivity index (χ0n) is 19.0. The fraction of sp³-hybridized carbons (Fsp3) is 0.478. The van der Waals surface area contributed by atoms with Gasteiger partial charge in [0.05, 0.1) is 18.8 Å². The molecule has 13 heteroatoms. The second kappa shape index (κ2) is 9.68. The van der Waals surface area contributed by atoms with Gasteiger partial charge in [-0.25, -0.2) is 23.1 Å². The van der Waals surface area contributed by atoms with Crippen molar-refractivity contribution in [1.82, 2.24) is 19.8 Å². The summed E-state index contributed by atoms with van der Waals surface area (Å²) < 4.78 is 81.8. The van der Waals surface area contributed by atoms with E-state index >= 15 is 0 Å². The third kappa shape index (κ3) is 5.77. The van der Waals surface area contributed by atoms with E-state index in [1.54, 1.807) is 0 Å². The van der Waals surface area contributed by atoms with Gasteiger partial charge in [0, 0.05) is 49.5 Å². The van der Waals surface area contributed by atoms with Crippen molar-refractivity contribution >= 4 is 11.8 Å². The van der Waals surface area contributed by atoms with Gasteiger partial charge in [0.15, 0.2) is 11.5 Å². The van der Waals surface area contributed by atoms with Gasteiger partial charge in [0.25, 0.3) is 5.92 Å². The smallest absolute Gasteiger partial charge is 0.336 e. The molecule has 1 aromatic heterocycles. The summed E-state index contributed by atoms with van der Waals surface area (Å²) in [7, 11) is 0. The normalized spacial score (nSPS) is 18.7. The highest BCUT2D eigenvalue weighted by atomic mass is 19.4. The molecule has 1 fully saturated rings. The molecule has 0 spiro atoms. The summed E-state index contributed by atoms with van der Waals surface area (Å²) in [6.07, 6.45) is -6.04. The molecule has 1 saturated heterocycles. The van der Waals surface area contributed by atoms with Crippen LogP contribution in [-0.4, -0.2) is 63.2 Å². The first-order valence-electron chi connectivity index (χ1n) is 11.2. The van der Waals surface area contributed by atoms with Crippen LogP contribution in [0.4, 0.5) is 26.3 Å². The Morgan fingerprint density at radius 2 is 1.83 bits per heavy atom. The second-order valence-corrected chi connectivity index (χ2v) is 8.99. The summed E-state index contributed by atoms with van der Waals surface area (Å²) in [6.45, 7) is -1.28. The number of hydrogen-bond acceptors (Lipinski definition) is 5. The van der Waals surface area contributed by atoms with Crippen LogP contribution >= 0.6 is 0 Å². The molecule has 1 atom stereocenters. The van der Waals surface area contributed by atoms with Crippen molar-refractivity contribution in [3.8, 4) is 11.4 Å². The number of nitrogens with two attached hydrogens (primary N) is 1. The fourth-order valence-electron chi connectivity index (χ4n) is 4.37. The number of fused-ring (bicyclic) bond motifs is 1. The van der Waals surface area contributed by atoms with E-state index in [9.17, 15) is 35.9 Å². The minimum absolute atomic E-state index is 0.00988. The number of carbonyl (C=O) groups excluding carboxylic acids is 2. The predicted molar refractivity (Wildman–Crippen MR) is 115 cm³/mol. The molecular formula is C23H23F6N5O2. The molecule has 0 aliphatic carbocycles. The maximum atomic E-state index is 13.7. The molecule has 0 bridgehead atoms. The Morgan fingerprint density at radius 1 is 1.14 bits per heavy atom. The molecule has 2 aromatic rings. The summed E-state index contributed by atoms with van der Waals surface area (Å²) in [5.74, 6) is -4.82. The van der Waals surface area contributed by atoms with Gasteiger partial charge in [-0.15, -0.1) is 0 Å². The molecule has 1 aromatic carbocycles. The van der Waals surface area contributed by atoms with Crippen LogP contribution in [-0.2, 0) is 28.7 Å². The van der Waals surface area contributed by atoms with E-state index < -0.39 is 54.4 Å². The van der Waals surface area contributed by atoms with Crippen molar-refractivity contribution in [2.24, 2.45) is 5.73 Å². The van der Waals surface area contributed by atoms with E-state index in [4.69, 9.17) is 5.73 Å². The van der Waals surface area contributed by atoms with Crippen molar-refractivity contribution in [2.75, 3.05) is 19.6 Å². The predicted octanol–water partition coefficient (Wildman–Crippen LogP) is 3.16. The Morgan fingerprint density at radius 3 is 2.50 bits per heavy atom. The number of amides is 2. The largest absolute Gasteiger partial charge is 0.433 e. The first-order valence-corrected chi connectivity index (χ1v) is 11.2. The number of nitrogens with zero attached hydrogens (tertiary/aromatic N) is 4. The van der Waals surface area contributed by atoms with Gasteiger partial charge < -0.3 is 15.5 Å². The monoisotopic (exact) mass is 515 g/mol. The van der Waals surface area contributed by atoms with Crippen LogP contribution in [0.15, 0.2) is 24.3 Å². The molecule has 7 nitrogen and oxygen atoms in total. The van der Waals surface area contributed by atoms with E-state index in [0.717, 1.165) is 17.0 Å². The topological polar surface area (TPSA) is 92.4 Å². The molecule has 1 unspecified atom stereocenters. The van der Waals surface area contributed by atoms with E-state index in [1.165, 1.54) is 17.0 Å². The summed E-state index contributed by atoms with van der Waals surface area (Å²) in [4.78, 5) is 34.9. The van der Waals surface area contributed by atoms with Crippen molar-refractivity contribution in [3.63, 3.8) is 0 Å². The lowest BCUT2D eigenvalue weighted by molar-refractivity contribution is -0.148. The number of piperidine rings is 1. The molecule has 2 N–H and O–H groups in total. The standard InChI is InChI=1S/C23H23F6N5O2/c24-14-3-1-13(2-4-14)21-31-17-11-33(8-6-16(17)20(32-21)23(27,28)29)19(36)9-15(30)10-34-12-22(25,26)7-5-18(34)35/h1-4,15H,5-12,30H2. The Labute approximate surface area is 202 Å². The average Bonchev–Trinajstić information content (AvgIpc) is 2.80. The zero-order valence-corrected chi connectivity index (χ0v) is 19.0. The highest BCUT2D eigenvalue weighted by Crippen LogP contribution is 2.35. The minimum Gasteiger partial charge on any atom is -0.336 e. The first kappa shape index (κ1) is 25.9. The quantitative estimate of drug-likeness (QED) is 0.618. The van der Waals surface area contributed by atoms with Crippen LogP contribution < -0.4 is 5.73 Å². The van der Waals surface area contributed by atoms with E-state index in [-0.39, 0.29) is 61.5 Å². The van der Waals surface area contributed by atoms with E-state index in [2.05, 4.69) is 9.97 Å². The number of hydrogen-bond donors (Lipinski definition) is 1. The lowest BCUT2D eigenvalue weighted by atomic mass is 10.0. The van der Waals surface area contributed by atoms with Crippen molar-refractivity contribution in [1.29, 1.82) is 0 Å². The molecular weight excluding hydrogens is 492 g/mol. The molecule has 3 heterocycles. The van der Waals surface area contributed by atoms with Gasteiger partial charge >= 0.3 is 6.18 Å². The third-order valence-corrected chi connectivity index (χ3v) is 6.16. The van der Waals surface area contributed by atoms with Gasteiger partial charge in [-0.2, -0.15) is 13.2 Å². The van der Waals surface area contributed by atoms with Gasteiger partial charge in [-0.05, 0) is 30.7 Å². The Bertz CT molecular complexity index is 1150. The van der Waals surface area contributed by atoms with Crippen LogP contribution in [0, 0.1) is 5.82 Å². The van der Waals surface area contributed by atoms with E-state index in [0.29, 0.717) is 0 Å². The summed E-state index contributed by atoms with van der Waals surface area (Å²) in [6, 6.07) is 3.74. The summed E-state index contributed by atoms with van der Waals surface area (Å²) in [5.41, 5.74) is 4.92. The number of carbonyl (C=O) groups is 2. The Balaban J connectivity index is 1.50. The number of likely N-dealkylation sites (tertiary alicyclic amines) is 1. The van der Waals surface area contributed by atoms with Crippen LogP contribution in [0.3, 0.4) is 0 Å². The second-order valence-electron chi connectivity index (χ2n) is 8.99. The first-order chi connectivity index (χ1) is 16.8. The van der Waals surface area contributed by atoms with Gasteiger partial charge in [-0.1, -0.05) is 0 Å². The maximum Gasteiger partial charge on any atom is 0.433 e. The van der Waals surface area contributed by atoms with Gasteiger partial charge in [0.2, 0.25) is 11.8 Å². The Hall–Kier alpha value is -3.22. The van der Waals surface area contributed by atoms with Crippen LogP contribution in [0.25, 0.3) is 11.4 Å². The number of aromatic nitrogens is 2. The number of halogens is 6. The molecule has 2 amide bonds. The highest BCUT2D eigenvalue weighted by Gasteiger charge is 2.41. The number of alkyl halides is 5. The average molecular weight is 515 g/mol. The number of rotatable bonds is 5. The van der Waals surface area contributed by atoms with Crippen molar-refractivity contribution < 1.29 is 35.9 Å². The minimum atomic E-state index is -4.76. The molecule has 4 rings (SSSR count). The molecule has 194 valence electrons.